The van der Waals surface area contributed by atoms with E-state index in [0.717, 1.165) is 28.9 Å². The average molecular weight is 376 g/mol. The van der Waals surface area contributed by atoms with Crippen LogP contribution in [0.25, 0.3) is 10.2 Å². The van der Waals surface area contributed by atoms with E-state index < -0.39 is 0 Å². The van der Waals surface area contributed by atoms with E-state index in [2.05, 4.69) is 15.2 Å². The van der Waals surface area contributed by atoms with Crippen LogP contribution in [0.3, 0.4) is 0 Å². The molecular formula is C18H24N4O3S. The van der Waals surface area contributed by atoms with Crippen molar-refractivity contribution in [1.82, 2.24) is 14.8 Å². The lowest BCUT2D eigenvalue weighted by molar-refractivity contribution is -0.128. The van der Waals surface area contributed by atoms with E-state index in [4.69, 9.17) is 4.74 Å². The van der Waals surface area contributed by atoms with Gasteiger partial charge in [-0.25, -0.2) is 4.98 Å². The first kappa shape index (κ1) is 18.6. The van der Waals surface area contributed by atoms with E-state index in [0.29, 0.717) is 18.2 Å². The molecule has 0 aliphatic carbocycles. The second-order valence-electron chi connectivity index (χ2n) is 6.74. The van der Waals surface area contributed by atoms with Gasteiger partial charge in [0.2, 0.25) is 11.8 Å². The average Bonchev–Trinajstić information content (AvgIpc) is 3.16. The van der Waals surface area contributed by atoms with Crippen LogP contribution in [-0.2, 0) is 9.59 Å². The van der Waals surface area contributed by atoms with Crippen molar-refractivity contribution < 1.29 is 14.3 Å². The van der Waals surface area contributed by atoms with Crippen molar-refractivity contribution in [3.8, 4) is 5.75 Å². The fraction of sp³-hybridized carbons (Fsp3) is 0.500. The molecule has 1 saturated heterocycles. The number of rotatable bonds is 7. The molecule has 1 fully saturated rings. The number of anilines is 1. The molecule has 1 aliphatic heterocycles. The molecule has 1 N–H and O–H groups in total. The zero-order valence-corrected chi connectivity index (χ0v) is 16.1. The number of carbonyl (C=O) groups is 2. The summed E-state index contributed by atoms with van der Waals surface area (Å²) in [5.74, 6) is 0.356. The summed E-state index contributed by atoms with van der Waals surface area (Å²) in [5, 5.41) is 3.42. The van der Waals surface area contributed by atoms with Crippen LogP contribution in [0.15, 0.2) is 18.2 Å². The highest BCUT2D eigenvalue weighted by Gasteiger charge is 2.34. The van der Waals surface area contributed by atoms with Gasteiger partial charge < -0.3 is 19.9 Å². The van der Waals surface area contributed by atoms with Crippen LogP contribution in [-0.4, -0.2) is 67.4 Å². The Kier molecular flexibility index (Phi) is 5.73. The Labute approximate surface area is 156 Å². The Balaban J connectivity index is 1.59. The van der Waals surface area contributed by atoms with Crippen molar-refractivity contribution in [2.45, 2.75) is 12.8 Å². The SMILES string of the molecule is COc1ccc2nc(NC(=O)C3CC(=O)N(CCCN(C)C)C3)sc2c1. The maximum Gasteiger partial charge on any atom is 0.231 e. The summed E-state index contributed by atoms with van der Waals surface area (Å²) in [6.07, 6.45) is 1.18. The van der Waals surface area contributed by atoms with Crippen LogP contribution in [0.2, 0.25) is 0 Å². The van der Waals surface area contributed by atoms with Gasteiger partial charge in [-0.15, -0.1) is 0 Å². The minimum Gasteiger partial charge on any atom is -0.497 e. The summed E-state index contributed by atoms with van der Waals surface area (Å²) >= 11 is 1.41. The second kappa shape index (κ2) is 8.01. The molecule has 2 heterocycles. The standard InChI is InChI=1S/C18H24N4O3S/c1-21(2)7-4-8-22-11-12(9-16(22)23)17(24)20-18-19-14-6-5-13(25-3)10-15(14)26-18/h5-6,10,12H,4,7-9,11H2,1-3H3,(H,19,20,24). The van der Waals surface area contributed by atoms with Crippen LogP contribution in [0.4, 0.5) is 5.13 Å². The lowest BCUT2D eigenvalue weighted by Gasteiger charge is -2.17. The highest BCUT2D eigenvalue weighted by molar-refractivity contribution is 7.22. The highest BCUT2D eigenvalue weighted by atomic mass is 32.1. The van der Waals surface area contributed by atoms with E-state index in [1.807, 2.05) is 32.3 Å². The van der Waals surface area contributed by atoms with E-state index in [1.54, 1.807) is 12.0 Å². The van der Waals surface area contributed by atoms with Crippen LogP contribution >= 0.6 is 11.3 Å². The van der Waals surface area contributed by atoms with Crippen LogP contribution in [0.5, 0.6) is 5.75 Å². The highest BCUT2D eigenvalue weighted by Crippen LogP contribution is 2.30. The number of ether oxygens (including phenoxy) is 1. The predicted octanol–water partition coefficient (Wildman–Crippen LogP) is 2.04. The zero-order valence-electron chi connectivity index (χ0n) is 15.3. The topological polar surface area (TPSA) is 74.8 Å². The van der Waals surface area contributed by atoms with Crippen LogP contribution in [0, 0.1) is 5.92 Å². The molecule has 0 saturated carbocycles. The summed E-state index contributed by atoms with van der Waals surface area (Å²) in [5.41, 5.74) is 0.818. The molecule has 1 aromatic heterocycles. The number of fused-ring (bicyclic) bond motifs is 1. The van der Waals surface area contributed by atoms with Crippen molar-refractivity contribution in [2.75, 3.05) is 46.2 Å². The third-order valence-electron chi connectivity index (χ3n) is 4.44. The Hall–Kier alpha value is -2.19. The minimum absolute atomic E-state index is 0.0537. The first-order valence-corrected chi connectivity index (χ1v) is 9.46. The van der Waals surface area contributed by atoms with Gasteiger partial charge in [-0.1, -0.05) is 11.3 Å². The van der Waals surface area contributed by atoms with E-state index in [9.17, 15) is 9.59 Å². The molecule has 1 unspecified atom stereocenters. The number of amides is 2. The number of hydrogen-bond donors (Lipinski definition) is 1. The van der Waals surface area contributed by atoms with Gasteiger partial charge in [-0.3, -0.25) is 9.59 Å². The Morgan fingerprint density at radius 2 is 2.27 bits per heavy atom. The molecule has 7 nitrogen and oxygen atoms in total. The van der Waals surface area contributed by atoms with Crippen LogP contribution < -0.4 is 10.1 Å². The van der Waals surface area contributed by atoms with Crippen LogP contribution in [0.1, 0.15) is 12.8 Å². The number of methoxy groups -OCH3 is 1. The maximum atomic E-state index is 12.5. The molecule has 26 heavy (non-hydrogen) atoms. The zero-order chi connectivity index (χ0) is 18.7. The molecule has 140 valence electrons. The summed E-state index contributed by atoms with van der Waals surface area (Å²) in [6.45, 7) is 2.11. The largest absolute Gasteiger partial charge is 0.497 e. The molecule has 1 aromatic carbocycles. The molecule has 1 atom stereocenters. The Morgan fingerprint density at radius 1 is 1.46 bits per heavy atom. The number of nitrogens with zero attached hydrogens (tertiary/aromatic N) is 3. The van der Waals surface area contributed by atoms with E-state index in [1.165, 1.54) is 11.3 Å². The summed E-state index contributed by atoms with van der Waals surface area (Å²) in [6, 6.07) is 5.61. The van der Waals surface area contributed by atoms with Gasteiger partial charge in [-0.2, -0.15) is 0 Å². The third kappa shape index (κ3) is 4.31. The van der Waals surface area contributed by atoms with Gasteiger partial charge in [0.25, 0.3) is 0 Å². The molecular weight excluding hydrogens is 352 g/mol. The first-order valence-electron chi connectivity index (χ1n) is 8.64. The predicted molar refractivity (Wildman–Crippen MR) is 103 cm³/mol. The van der Waals surface area contributed by atoms with Crippen molar-refractivity contribution in [1.29, 1.82) is 0 Å². The quantitative estimate of drug-likeness (QED) is 0.800. The maximum absolute atomic E-state index is 12.5. The van der Waals surface area contributed by atoms with Crippen molar-refractivity contribution in [2.24, 2.45) is 5.92 Å². The number of benzene rings is 1. The molecule has 0 radical (unpaired) electrons. The van der Waals surface area contributed by atoms with Crippen molar-refractivity contribution in [3.63, 3.8) is 0 Å². The number of aromatic nitrogens is 1. The lowest BCUT2D eigenvalue weighted by atomic mass is 10.1. The van der Waals surface area contributed by atoms with Gasteiger partial charge in [0.1, 0.15) is 5.75 Å². The van der Waals surface area contributed by atoms with Gasteiger partial charge in [0.05, 0.1) is 23.2 Å². The molecule has 2 amide bonds. The number of nitrogens with one attached hydrogen (secondary N) is 1. The second-order valence-corrected chi connectivity index (χ2v) is 7.77. The number of likely N-dealkylation sites (tertiary alicyclic amines) is 1. The molecule has 8 heteroatoms. The van der Waals surface area contributed by atoms with Gasteiger partial charge in [-0.05, 0) is 45.3 Å². The lowest BCUT2D eigenvalue weighted by Crippen LogP contribution is -2.30. The number of hydrogen-bond acceptors (Lipinski definition) is 6. The normalized spacial score (nSPS) is 17.3. The van der Waals surface area contributed by atoms with Gasteiger partial charge in [0.15, 0.2) is 5.13 Å². The summed E-state index contributed by atoms with van der Waals surface area (Å²) in [7, 11) is 5.64. The minimum atomic E-state index is -0.316. The van der Waals surface area contributed by atoms with Crippen molar-refractivity contribution >= 4 is 38.5 Å². The Morgan fingerprint density at radius 3 is 3.00 bits per heavy atom. The van der Waals surface area contributed by atoms with Crippen molar-refractivity contribution in [3.05, 3.63) is 18.2 Å². The smallest absolute Gasteiger partial charge is 0.231 e. The molecule has 0 spiro atoms. The summed E-state index contributed by atoms with van der Waals surface area (Å²) < 4.78 is 6.16. The first-order chi connectivity index (χ1) is 12.5. The number of thiazole rings is 1. The molecule has 0 bridgehead atoms. The number of carbonyl (C=O) groups excluding carboxylic acids is 2. The summed E-state index contributed by atoms with van der Waals surface area (Å²) in [4.78, 5) is 33.0. The van der Waals surface area contributed by atoms with E-state index in [-0.39, 0.29) is 24.2 Å². The molecule has 2 aromatic rings. The monoisotopic (exact) mass is 376 g/mol. The molecule has 1 aliphatic rings. The fourth-order valence-corrected chi connectivity index (χ4v) is 3.93. The Bertz CT molecular complexity index is 805. The van der Waals surface area contributed by atoms with E-state index >= 15 is 0 Å². The van der Waals surface area contributed by atoms with Gasteiger partial charge >= 0.3 is 0 Å². The third-order valence-corrected chi connectivity index (χ3v) is 5.38. The molecule has 3 rings (SSSR count). The van der Waals surface area contributed by atoms with Gasteiger partial charge in [0, 0.05) is 19.5 Å². The fourth-order valence-electron chi connectivity index (χ4n) is 3.03.